The average Bonchev–Trinajstić information content (AvgIpc) is 2.97. The van der Waals surface area contributed by atoms with Crippen LogP contribution in [0.2, 0.25) is 0 Å². The molecule has 0 aliphatic heterocycles. The van der Waals surface area contributed by atoms with Crippen LogP contribution < -0.4 is 5.32 Å². The number of hydrogen-bond donors (Lipinski definition) is 1. The molecule has 0 aliphatic carbocycles. The summed E-state index contributed by atoms with van der Waals surface area (Å²) in [6.45, 7) is 5.92. The van der Waals surface area contributed by atoms with E-state index in [1.165, 1.54) is 0 Å². The molecule has 0 unspecified atom stereocenters. The number of anilines is 1. The first-order valence-corrected chi connectivity index (χ1v) is 7.33. The van der Waals surface area contributed by atoms with Crippen LogP contribution in [0.25, 0.3) is 11.3 Å². The lowest BCUT2D eigenvalue weighted by Crippen LogP contribution is -2.13. The highest BCUT2D eigenvalue weighted by Gasteiger charge is 2.17. The zero-order chi connectivity index (χ0) is 16.4. The summed E-state index contributed by atoms with van der Waals surface area (Å²) in [6, 6.07) is 13.4. The first-order chi connectivity index (χ1) is 11.0. The number of amides is 1. The Morgan fingerprint density at radius 3 is 2.57 bits per heavy atom. The first-order valence-electron chi connectivity index (χ1n) is 7.33. The smallest absolute Gasteiger partial charge is 0.256 e. The second-order valence-corrected chi connectivity index (χ2v) is 5.60. The minimum Gasteiger partial charge on any atom is -0.302 e. The van der Waals surface area contributed by atoms with Crippen molar-refractivity contribution in [2.75, 3.05) is 5.32 Å². The van der Waals surface area contributed by atoms with Crippen LogP contribution >= 0.6 is 0 Å². The monoisotopic (exact) mass is 307 g/mol. The van der Waals surface area contributed by atoms with Crippen molar-refractivity contribution >= 4 is 11.7 Å². The summed E-state index contributed by atoms with van der Waals surface area (Å²) < 4.78 is 4.84. The van der Waals surface area contributed by atoms with Crippen LogP contribution in [0.3, 0.4) is 0 Å². The molecule has 3 rings (SSSR count). The molecule has 0 fully saturated rings. The van der Waals surface area contributed by atoms with E-state index in [2.05, 4.69) is 15.6 Å². The predicted molar refractivity (Wildman–Crippen MR) is 88.3 cm³/mol. The lowest BCUT2D eigenvalue weighted by Gasteiger charge is -2.07. The summed E-state index contributed by atoms with van der Waals surface area (Å²) in [5.74, 6) is 0.0844. The highest BCUT2D eigenvalue weighted by molar-refractivity contribution is 6.05. The van der Waals surface area contributed by atoms with E-state index < -0.39 is 0 Å². The number of rotatable bonds is 3. The predicted octanol–water partition coefficient (Wildman–Crippen LogP) is 3.91. The molecule has 0 spiro atoms. The van der Waals surface area contributed by atoms with Gasteiger partial charge in [0, 0.05) is 11.1 Å². The van der Waals surface area contributed by atoms with E-state index in [1.807, 2.05) is 57.2 Å². The van der Waals surface area contributed by atoms with Gasteiger partial charge < -0.3 is 5.32 Å². The highest BCUT2D eigenvalue weighted by atomic mass is 16.6. The number of carbonyl (C=O) groups excluding carboxylic acids is 1. The molecule has 0 radical (unpaired) electrons. The lowest BCUT2D eigenvalue weighted by atomic mass is 10.0. The van der Waals surface area contributed by atoms with Gasteiger partial charge in [0.25, 0.3) is 5.91 Å². The van der Waals surface area contributed by atoms with Crippen LogP contribution in [0.5, 0.6) is 0 Å². The summed E-state index contributed by atoms with van der Waals surface area (Å²) in [5.41, 5.74) is 5.16. The topological polar surface area (TPSA) is 68.0 Å². The maximum absolute atomic E-state index is 12.4. The summed E-state index contributed by atoms with van der Waals surface area (Å²) in [7, 11) is 0. The largest absolute Gasteiger partial charge is 0.302 e. The van der Waals surface area contributed by atoms with E-state index in [4.69, 9.17) is 4.63 Å². The summed E-state index contributed by atoms with van der Waals surface area (Å²) in [6.07, 6.45) is 0. The van der Waals surface area contributed by atoms with Crippen LogP contribution in [0.15, 0.2) is 47.1 Å². The van der Waals surface area contributed by atoms with Crippen molar-refractivity contribution in [2.45, 2.75) is 20.8 Å². The zero-order valence-corrected chi connectivity index (χ0v) is 13.3. The van der Waals surface area contributed by atoms with Crippen LogP contribution in [0.4, 0.5) is 5.82 Å². The van der Waals surface area contributed by atoms with Gasteiger partial charge in [-0.15, -0.1) is 0 Å². The Bertz CT molecular complexity index is 868. The molecule has 0 saturated carbocycles. The number of carbonyl (C=O) groups is 1. The van der Waals surface area contributed by atoms with E-state index in [0.29, 0.717) is 17.1 Å². The van der Waals surface area contributed by atoms with Crippen molar-refractivity contribution in [2.24, 2.45) is 0 Å². The second-order valence-electron chi connectivity index (χ2n) is 5.60. The van der Waals surface area contributed by atoms with Crippen molar-refractivity contribution in [3.8, 4) is 11.3 Å². The fourth-order valence-corrected chi connectivity index (χ4v) is 2.40. The van der Waals surface area contributed by atoms with Gasteiger partial charge in [-0.05, 0) is 54.8 Å². The van der Waals surface area contributed by atoms with Gasteiger partial charge in [0.1, 0.15) is 0 Å². The van der Waals surface area contributed by atoms with Crippen molar-refractivity contribution in [1.29, 1.82) is 0 Å². The van der Waals surface area contributed by atoms with E-state index in [-0.39, 0.29) is 5.91 Å². The first kappa shape index (κ1) is 15.0. The molecule has 2 aromatic carbocycles. The van der Waals surface area contributed by atoms with Crippen molar-refractivity contribution in [1.82, 2.24) is 10.3 Å². The van der Waals surface area contributed by atoms with E-state index in [9.17, 15) is 4.79 Å². The van der Waals surface area contributed by atoms with E-state index in [1.54, 1.807) is 6.07 Å². The van der Waals surface area contributed by atoms with Crippen LogP contribution in [0.1, 0.15) is 27.0 Å². The third-order valence-corrected chi connectivity index (χ3v) is 3.65. The van der Waals surface area contributed by atoms with Gasteiger partial charge in [0.15, 0.2) is 5.69 Å². The zero-order valence-electron chi connectivity index (χ0n) is 13.3. The maximum atomic E-state index is 12.4. The fraction of sp³-hybridized carbons (Fsp3) is 0.167. The number of aryl methyl sites for hydroxylation is 3. The van der Waals surface area contributed by atoms with Crippen molar-refractivity contribution in [3.05, 3.63) is 64.7 Å². The Hall–Kier alpha value is -2.95. The molecule has 1 amide bonds. The SMILES string of the molecule is Cc1cccc(C(=O)Nc2nonc2-c2cc(C)ccc2C)c1. The fourth-order valence-electron chi connectivity index (χ4n) is 2.40. The van der Waals surface area contributed by atoms with Gasteiger partial charge in [0.05, 0.1) is 0 Å². The molecule has 0 aliphatic rings. The van der Waals surface area contributed by atoms with Gasteiger partial charge >= 0.3 is 0 Å². The molecule has 0 atom stereocenters. The number of aromatic nitrogens is 2. The molecule has 5 nitrogen and oxygen atoms in total. The molecule has 3 aromatic rings. The Labute approximate surface area is 134 Å². The molecule has 1 heterocycles. The molecule has 1 aromatic heterocycles. The molecular formula is C18H17N3O2. The van der Waals surface area contributed by atoms with Crippen LogP contribution in [-0.4, -0.2) is 16.2 Å². The Morgan fingerprint density at radius 2 is 1.78 bits per heavy atom. The minimum atomic E-state index is -0.240. The summed E-state index contributed by atoms with van der Waals surface area (Å²) in [4.78, 5) is 12.4. The number of nitrogens with zero attached hydrogens (tertiary/aromatic N) is 2. The quantitative estimate of drug-likeness (QED) is 0.796. The third-order valence-electron chi connectivity index (χ3n) is 3.65. The number of nitrogens with one attached hydrogen (secondary N) is 1. The van der Waals surface area contributed by atoms with Crippen molar-refractivity contribution in [3.63, 3.8) is 0 Å². The molecule has 5 heteroatoms. The highest BCUT2D eigenvalue weighted by Crippen LogP contribution is 2.28. The molecule has 1 N–H and O–H groups in total. The van der Waals surface area contributed by atoms with E-state index in [0.717, 1.165) is 22.3 Å². The molecule has 23 heavy (non-hydrogen) atoms. The maximum Gasteiger partial charge on any atom is 0.256 e. The second kappa shape index (κ2) is 6.04. The van der Waals surface area contributed by atoms with Gasteiger partial charge in [-0.25, -0.2) is 4.63 Å². The molecule has 0 saturated heterocycles. The van der Waals surface area contributed by atoms with Gasteiger partial charge in [-0.2, -0.15) is 0 Å². The third kappa shape index (κ3) is 3.13. The Morgan fingerprint density at radius 1 is 1.00 bits per heavy atom. The normalized spacial score (nSPS) is 10.6. The lowest BCUT2D eigenvalue weighted by molar-refractivity contribution is 0.102. The summed E-state index contributed by atoms with van der Waals surface area (Å²) in [5, 5.41) is 10.6. The minimum absolute atomic E-state index is 0.240. The van der Waals surface area contributed by atoms with E-state index >= 15 is 0 Å². The van der Waals surface area contributed by atoms with Gasteiger partial charge in [-0.1, -0.05) is 35.4 Å². The number of hydrogen-bond acceptors (Lipinski definition) is 4. The molecular weight excluding hydrogens is 290 g/mol. The molecule has 0 bridgehead atoms. The Balaban J connectivity index is 1.92. The Kier molecular flexibility index (Phi) is 3.93. The standard InChI is InChI=1S/C18H17N3O2/c1-11-5-4-6-14(9-11)18(22)19-17-16(20-23-21-17)15-10-12(2)7-8-13(15)3/h4-10H,1-3H3,(H,19,21,22). The van der Waals surface area contributed by atoms with Crippen LogP contribution in [-0.2, 0) is 0 Å². The van der Waals surface area contributed by atoms with Gasteiger partial charge in [-0.3, -0.25) is 4.79 Å². The average molecular weight is 307 g/mol. The summed E-state index contributed by atoms with van der Waals surface area (Å²) >= 11 is 0. The van der Waals surface area contributed by atoms with Crippen molar-refractivity contribution < 1.29 is 9.42 Å². The molecule has 116 valence electrons. The van der Waals surface area contributed by atoms with Crippen LogP contribution in [0, 0.1) is 20.8 Å². The number of benzene rings is 2. The van der Waals surface area contributed by atoms with Gasteiger partial charge in [0.2, 0.25) is 5.82 Å².